The van der Waals surface area contributed by atoms with Crippen LogP contribution in [0.15, 0.2) is 146 Å². The molecular weight excluding hydrogens is 751 g/mol. The minimum atomic E-state index is -5.04. The molecule has 0 bridgehead atoms. The highest BCUT2D eigenvalue weighted by atomic mass is 19.4. The zero-order valence-corrected chi connectivity index (χ0v) is 30.8. The highest BCUT2D eigenvalue weighted by molar-refractivity contribution is 6.36. The number of benzene rings is 7. The number of amides is 2. The molecule has 2 heterocycles. The molecule has 0 N–H and O–H groups in total. The third-order valence-electron chi connectivity index (χ3n) is 10.6. The summed E-state index contributed by atoms with van der Waals surface area (Å²) in [5.41, 5.74) is 4.24. The van der Waals surface area contributed by atoms with Gasteiger partial charge in [-0.2, -0.15) is 26.3 Å². The lowest BCUT2D eigenvalue weighted by molar-refractivity contribution is -0.143. The van der Waals surface area contributed by atoms with Crippen molar-refractivity contribution in [3.8, 4) is 39.1 Å². The summed E-state index contributed by atoms with van der Waals surface area (Å²) in [6, 6.07) is 39.5. The minimum absolute atomic E-state index is 0.0936. The van der Waals surface area contributed by atoms with Gasteiger partial charge in [-0.15, -0.1) is 0 Å². The minimum Gasteiger partial charge on any atom is -0.308 e. The number of alkyl halides is 6. The number of hydrogen-bond acceptors (Lipinski definition) is 2. The summed E-state index contributed by atoms with van der Waals surface area (Å²) in [5, 5.41) is 1.35. The van der Waals surface area contributed by atoms with E-state index < -0.39 is 35.3 Å². The van der Waals surface area contributed by atoms with Crippen molar-refractivity contribution in [2.75, 3.05) is 4.90 Å². The molecule has 1 aromatic heterocycles. The van der Waals surface area contributed by atoms with E-state index in [2.05, 4.69) is 6.07 Å². The molecular formula is C48H30F6N2O2. The number of nitrogens with zero attached hydrogens (tertiary/aromatic N) is 2. The average molecular weight is 781 g/mol. The van der Waals surface area contributed by atoms with E-state index >= 15 is 0 Å². The third-order valence-corrected chi connectivity index (χ3v) is 10.6. The Morgan fingerprint density at radius 1 is 0.431 bits per heavy atom. The first-order valence-electron chi connectivity index (χ1n) is 18.3. The zero-order chi connectivity index (χ0) is 40.7. The fraction of sp³-hybridized carbons (Fsp3) is 0.0833. The van der Waals surface area contributed by atoms with Crippen molar-refractivity contribution in [2.24, 2.45) is 0 Å². The van der Waals surface area contributed by atoms with Crippen LogP contribution in [0.1, 0.15) is 43.0 Å². The number of hydrogen-bond donors (Lipinski definition) is 0. The predicted molar refractivity (Wildman–Crippen MR) is 214 cm³/mol. The van der Waals surface area contributed by atoms with Gasteiger partial charge < -0.3 is 4.57 Å². The largest absolute Gasteiger partial charge is 0.416 e. The highest BCUT2D eigenvalue weighted by Gasteiger charge is 2.41. The molecule has 9 rings (SSSR count). The van der Waals surface area contributed by atoms with Gasteiger partial charge >= 0.3 is 12.4 Å². The molecule has 4 nitrogen and oxygen atoms in total. The van der Waals surface area contributed by atoms with Crippen molar-refractivity contribution >= 4 is 39.3 Å². The second-order valence-electron chi connectivity index (χ2n) is 14.5. The van der Waals surface area contributed by atoms with Gasteiger partial charge in [0.2, 0.25) is 0 Å². The number of imide groups is 1. The maximum Gasteiger partial charge on any atom is 0.416 e. The molecule has 10 heteroatoms. The van der Waals surface area contributed by atoms with Gasteiger partial charge in [-0.05, 0) is 90.2 Å². The summed E-state index contributed by atoms with van der Waals surface area (Å²) in [6.45, 7) is 3.98. The Hall–Kier alpha value is -6.94. The van der Waals surface area contributed by atoms with E-state index in [1.807, 2.05) is 86.6 Å². The van der Waals surface area contributed by atoms with Gasteiger partial charge in [0, 0.05) is 16.3 Å². The van der Waals surface area contributed by atoms with Gasteiger partial charge in [-0.1, -0.05) is 108 Å². The van der Waals surface area contributed by atoms with Crippen LogP contribution in [0.4, 0.5) is 32.0 Å². The molecule has 7 aromatic carbocycles. The summed E-state index contributed by atoms with van der Waals surface area (Å²) in [5.74, 6) is -1.12. The van der Waals surface area contributed by atoms with E-state index in [1.165, 1.54) is 12.1 Å². The predicted octanol–water partition coefficient (Wildman–Crippen LogP) is 13.2. The SMILES string of the molecule is Cc1cc(C)cc(-c2ccc3c4ccc(-c5cc(C(F)(F)F)cc(C(F)(F)F)c5)cc4n(-c4cccc5c4C(=O)N(c4ccccc4-c4ccccc4)C5=O)c3c2)c1. The van der Waals surface area contributed by atoms with Crippen molar-refractivity contribution in [3.05, 3.63) is 179 Å². The number of aromatic nitrogens is 1. The van der Waals surface area contributed by atoms with Crippen LogP contribution in [0.3, 0.4) is 0 Å². The summed E-state index contributed by atoms with van der Waals surface area (Å²) in [6.07, 6.45) is -10.1. The van der Waals surface area contributed by atoms with Crippen molar-refractivity contribution in [1.82, 2.24) is 4.57 Å². The standard InChI is InChI=1S/C48H30F6N2O2/c1-27-19-28(2)21-32(20-27)30-15-17-37-38-18-16-31(33-22-34(47(49,50)51)26-35(23-33)48(52,53)54)25-43(38)55(42(37)24-30)41-14-8-12-39-44(41)46(58)56(45(39)57)40-13-7-6-11-36(40)29-9-4-3-5-10-29/h3-26H,1-2H3. The molecule has 0 radical (unpaired) electrons. The van der Waals surface area contributed by atoms with E-state index in [0.29, 0.717) is 45.5 Å². The van der Waals surface area contributed by atoms with E-state index in [-0.39, 0.29) is 28.3 Å². The number of aryl methyl sites for hydroxylation is 2. The molecule has 0 atom stereocenters. The normalized spacial score (nSPS) is 13.2. The van der Waals surface area contributed by atoms with Crippen molar-refractivity contribution in [1.29, 1.82) is 0 Å². The van der Waals surface area contributed by atoms with Crippen LogP contribution in [0.5, 0.6) is 0 Å². The van der Waals surface area contributed by atoms with Crippen LogP contribution in [0.2, 0.25) is 0 Å². The van der Waals surface area contributed by atoms with E-state index in [1.54, 1.807) is 41.0 Å². The molecule has 1 aliphatic heterocycles. The Labute approximate surface area is 328 Å². The van der Waals surface area contributed by atoms with Gasteiger partial charge in [0.15, 0.2) is 0 Å². The second-order valence-corrected chi connectivity index (χ2v) is 14.5. The van der Waals surface area contributed by atoms with Gasteiger partial charge in [-0.25, -0.2) is 4.90 Å². The molecule has 58 heavy (non-hydrogen) atoms. The summed E-state index contributed by atoms with van der Waals surface area (Å²) in [4.78, 5) is 30.2. The molecule has 0 fully saturated rings. The topological polar surface area (TPSA) is 42.3 Å². The Morgan fingerprint density at radius 3 is 1.53 bits per heavy atom. The fourth-order valence-electron chi connectivity index (χ4n) is 8.10. The van der Waals surface area contributed by atoms with Crippen molar-refractivity contribution in [2.45, 2.75) is 26.2 Å². The number of rotatable bonds is 5. The van der Waals surface area contributed by atoms with Crippen molar-refractivity contribution in [3.63, 3.8) is 0 Å². The maximum absolute atomic E-state index is 14.8. The molecule has 0 aliphatic carbocycles. The third kappa shape index (κ3) is 6.12. The van der Waals surface area contributed by atoms with Gasteiger partial charge in [0.25, 0.3) is 11.8 Å². The van der Waals surface area contributed by atoms with Crippen LogP contribution in [0.25, 0.3) is 60.9 Å². The molecule has 8 aromatic rings. The monoisotopic (exact) mass is 780 g/mol. The van der Waals surface area contributed by atoms with Crippen LogP contribution in [-0.4, -0.2) is 16.4 Å². The molecule has 0 unspecified atom stereocenters. The summed E-state index contributed by atoms with van der Waals surface area (Å²) < 4.78 is 85.7. The lowest BCUT2D eigenvalue weighted by Gasteiger charge is -2.19. The quantitative estimate of drug-likeness (QED) is 0.129. The van der Waals surface area contributed by atoms with E-state index in [4.69, 9.17) is 0 Å². The first-order valence-corrected chi connectivity index (χ1v) is 18.3. The zero-order valence-electron chi connectivity index (χ0n) is 30.8. The van der Waals surface area contributed by atoms with Gasteiger partial charge in [0.05, 0.1) is 44.7 Å². The first-order chi connectivity index (χ1) is 27.7. The molecule has 2 amide bonds. The maximum atomic E-state index is 14.8. The average Bonchev–Trinajstić information content (AvgIpc) is 3.66. The number of fused-ring (bicyclic) bond motifs is 4. The number of halogens is 6. The van der Waals surface area contributed by atoms with Crippen molar-refractivity contribution < 1.29 is 35.9 Å². The molecule has 1 aliphatic rings. The summed E-state index contributed by atoms with van der Waals surface area (Å²) >= 11 is 0. The Bertz CT molecular complexity index is 2950. The molecule has 0 saturated carbocycles. The van der Waals surface area contributed by atoms with Gasteiger partial charge in [0.1, 0.15) is 0 Å². The number of carbonyl (C=O) groups excluding carboxylic acids is 2. The van der Waals surface area contributed by atoms with E-state index in [9.17, 15) is 35.9 Å². The molecule has 0 spiro atoms. The lowest BCUT2D eigenvalue weighted by atomic mass is 9.97. The molecule has 286 valence electrons. The second kappa shape index (κ2) is 13.3. The van der Waals surface area contributed by atoms with E-state index in [0.717, 1.165) is 38.1 Å². The number of anilines is 1. The lowest BCUT2D eigenvalue weighted by Crippen LogP contribution is -2.30. The smallest absolute Gasteiger partial charge is 0.308 e. The Morgan fingerprint density at radius 2 is 0.948 bits per heavy atom. The van der Waals surface area contributed by atoms with Crippen LogP contribution >= 0.6 is 0 Å². The Kier molecular flexibility index (Phi) is 8.43. The summed E-state index contributed by atoms with van der Waals surface area (Å²) in [7, 11) is 0. The van der Waals surface area contributed by atoms with Gasteiger partial charge in [-0.3, -0.25) is 9.59 Å². The fourth-order valence-corrected chi connectivity index (χ4v) is 8.10. The first kappa shape index (κ1) is 36.7. The highest BCUT2D eigenvalue weighted by Crippen LogP contribution is 2.44. The number of carbonyl (C=O) groups is 2. The Balaban J connectivity index is 1.31. The van der Waals surface area contributed by atoms with Crippen LogP contribution in [0, 0.1) is 13.8 Å². The molecule has 0 saturated heterocycles. The number of para-hydroxylation sites is 1. The van der Waals surface area contributed by atoms with Crippen LogP contribution < -0.4 is 4.90 Å². The van der Waals surface area contributed by atoms with Crippen LogP contribution in [-0.2, 0) is 12.4 Å².